The smallest absolute Gasteiger partial charge is 0.0718 e. The zero-order valence-electron chi connectivity index (χ0n) is 11.5. The molecule has 2 atom stereocenters. The first-order chi connectivity index (χ1) is 9.04. The van der Waals surface area contributed by atoms with Crippen LogP contribution in [0.25, 0.3) is 0 Å². The van der Waals surface area contributed by atoms with Crippen LogP contribution in [0.4, 0.5) is 0 Å². The molecule has 3 heteroatoms. The van der Waals surface area contributed by atoms with Gasteiger partial charge in [-0.25, -0.2) is 0 Å². The Morgan fingerprint density at radius 3 is 2.42 bits per heavy atom. The first-order valence-corrected chi connectivity index (χ1v) is 7.13. The fourth-order valence-corrected chi connectivity index (χ4v) is 3.98. The van der Waals surface area contributed by atoms with Crippen molar-refractivity contribution in [3.05, 3.63) is 34.4 Å². The maximum atomic E-state index is 11.4. The number of benzene rings is 1. The second kappa shape index (κ2) is 4.64. The van der Waals surface area contributed by atoms with Gasteiger partial charge in [0.15, 0.2) is 0 Å². The van der Waals surface area contributed by atoms with Crippen LogP contribution in [-0.4, -0.2) is 18.1 Å². The lowest BCUT2D eigenvalue weighted by atomic mass is 9.81. The van der Waals surface area contributed by atoms with Gasteiger partial charge in [0, 0.05) is 17.6 Å². The summed E-state index contributed by atoms with van der Waals surface area (Å²) in [6.07, 6.45) is 4.57. The average Bonchev–Trinajstić information content (AvgIpc) is 2.67. The summed E-state index contributed by atoms with van der Waals surface area (Å²) in [5.74, 6) is -0.667. The second-order valence-corrected chi connectivity index (χ2v) is 6.14. The van der Waals surface area contributed by atoms with Crippen LogP contribution in [-0.2, 0) is 0 Å². The van der Waals surface area contributed by atoms with Gasteiger partial charge in [0.2, 0.25) is 0 Å². The molecule has 2 aliphatic heterocycles. The molecule has 0 saturated carbocycles. The first-order valence-electron chi connectivity index (χ1n) is 7.13. The fraction of sp³-hybridized carbons (Fsp3) is 0.562. The van der Waals surface area contributed by atoms with E-state index in [0.29, 0.717) is 23.6 Å². The minimum atomic E-state index is -1.03. The van der Waals surface area contributed by atoms with Crippen LogP contribution in [0.2, 0.25) is 0 Å². The van der Waals surface area contributed by atoms with Crippen LogP contribution in [0.1, 0.15) is 58.6 Å². The molecule has 0 aliphatic carbocycles. The van der Waals surface area contributed by atoms with Crippen LogP contribution in [0.5, 0.6) is 0 Å². The number of aromatic carboxylic acids is 1. The van der Waals surface area contributed by atoms with Crippen LogP contribution in [0.15, 0.2) is 12.1 Å². The third-order valence-corrected chi connectivity index (χ3v) is 4.63. The highest BCUT2D eigenvalue weighted by Crippen LogP contribution is 2.39. The highest BCUT2D eigenvalue weighted by atomic mass is 16.4. The fourth-order valence-electron chi connectivity index (χ4n) is 3.98. The van der Waals surface area contributed by atoms with E-state index < -0.39 is 5.97 Å². The van der Waals surface area contributed by atoms with E-state index in [1.54, 1.807) is 6.07 Å². The number of nitrogens with one attached hydrogen (secondary N) is 1. The zero-order chi connectivity index (χ0) is 13.6. The molecular weight excluding hydrogens is 238 g/mol. The Kier molecular flexibility index (Phi) is 3.09. The van der Waals surface area contributed by atoms with Crippen LogP contribution in [0.3, 0.4) is 0 Å². The van der Waals surface area contributed by atoms with Crippen LogP contribution < -0.4 is 10.4 Å². The van der Waals surface area contributed by atoms with Crippen molar-refractivity contribution >= 4 is 5.97 Å². The highest BCUT2D eigenvalue weighted by Gasteiger charge is 2.35. The van der Waals surface area contributed by atoms with Gasteiger partial charge >= 0.3 is 0 Å². The number of hydrogen-bond acceptors (Lipinski definition) is 3. The van der Waals surface area contributed by atoms with Gasteiger partial charge < -0.3 is 15.2 Å². The summed E-state index contributed by atoms with van der Waals surface area (Å²) in [4.78, 5) is 11.4. The molecule has 1 aromatic carbocycles. The second-order valence-electron chi connectivity index (χ2n) is 6.14. The summed E-state index contributed by atoms with van der Waals surface area (Å²) in [6.45, 7) is 3.97. The van der Waals surface area contributed by atoms with E-state index in [1.165, 1.54) is 12.8 Å². The number of carboxylic acids is 1. The van der Waals surface area contributed by atoms with Crippen molar-refractivity contribution in [1.82, 2.24) is 5.32 Å². The molecule has 2 aliphatic rings. The monoisotopic (exact) mass is 258 g/mol. The number of carbonyl (C=O) groups is 1. The molecule has 3 nitrogen and oxygen atoms in total. The molecule has 1 N–H and O–H groups in total. The Bertz CT molecular complexity index is 512. The van der Waals surface area contributed by atoms with Gasteiger partial charge in [-0.2, -0.15) is 0 Å². The minimum Gasteiger partial charge on any atom is -0.545 e. The molecule has 2 bridgehead atoms. The van der Waals surface area contributed by atoms with Gasteiger partial charge in [0.25, 0.3) is 0 Å². The van der Waals surface area contributed by atoms with E-state index in [4.69, 9.17) is 0 Å². The standard InChI is InChI=1S/C16H21NO2/c1-9-5-10(2)15(14(6-9)16(18)19)11-7-12-3-4-13(8-11)17-12/h5-6,11-13,17H,3-4,7-8H2,1-2H3,(H,18,19)/p-1. The van der Waals surface area contributed by atoms with Crippen molar-refractivity contribution in [2.24, 2.45) is 0 Å². The van der Waals surface area contributed by atoms with Gasteiger partial charge in [-0.05, 0) is 62.6 Å². The predicted molar refractivity (Wildman–Crippen MR) is 72.2 cm³/mol. The molecule has 2 unspecified atom stereocenters. The highest BCUT2D eigenvalue weighted by molar-refractivity contribution is 5.88. The lowest BCUT2D eigenvalue weighted by Crippen LogP contribution is -2.38. The van der Waals surface area contributed by atoms with Gasteiger partial charge in [0.1, 0.15) is 0 Å². The van der Waals surface area contributed by atoms with Crippen molar-refractivity contribution in [2.75, 3.05) is 0 Å². The summed E-state index contributed by atoms with van der Waals surface area (Å²) in [6, 6.07) is 4.99. The molecule has 0 aromatic heterocycles. The number of fused-ring (bicyclic) bond motifs is 2. The van der Waals surface area contributed by atoms with Crippen LogP contribution >= 0.6 is 0 Å². The number of rotatable bonds is 2. The third kappa shape index (κ3) is 2.27. The Morgan fingerprint density at radius 2 is 1.84 bits per heavy atom. The number of hydrogen-bond donors (Lipinski definition) is 1. The lowest BCUT2D eigenvalue weighted by Gasteiger charge is -2.32. The summed E-state index contributed by atoms with van der Waals surface area (Å²) < 4.78 is 0. The molecule has 19 heavy (non-hydrogen) atoms. The molecule has 2 saturated heterocycles. The lowest BCUT2D eigenvalue weighted by molar-refractivity contribution is -0.255. The SMILES string of the molecule is Cc1cc(C)c(C2CC3CCC(C2)N3)c(C(=O)[O-])c1. The van der Waals surface area contributed by atoms with Crippen LogP contribution in [0, 0.1) is 13.8 Å². The van der Waals surface area contributed by atoms with Gasteiger partial charge in [-0.15, -0.1) is 0 Å². The summed E-state index contributed by atoms with van der Waals surface area (Å²) in [5, 5.41) is 15.0. The predicted octanol–water partition coefficient (Wildman–Crippen LogP) is 1.66. The molecule has 0 radical (unpaired) electrons. The molecular formula is C16H20NO2-. The third-order valence-electron chi connectivity index (χ3n) is 4.63. The van der Waals surface area contributed by atoms with E-state index in [-0.39, 0.29) is 0 Å². The Hall–Kier alpha value is -1.35. The number of aryl methyl sites for hydroxylation is 2. The Labute approximate surface area is 114 Å². The van der Waals surface area contributed by atoms with E-state index >= 15 is 0 Å². The first kappa shape index (κ1) is 12.7. The Balaban J connectivity index is 2.02. The Morgan fingerprint density at radius 1 is 1.21 bits per heavy atom. The quantitative estimate of drug-likeness (QED) is 0.878. The zero-order valence-corrected chi connectivity index (χ0v) is 11.5. The van der Waals surface area contributed by atoms with Gasteiger partial charge in [-0.1, -0.05) is 11.6 Å². The van der Waals surface area contributed by atoms with Gasteiger partial charge in [-0.3, -0.25) is 0 Å². The summed E-state index contributed by atoms with van der Waals surface area (Å²) >= 11 is 0. The molecule has 102 valence electrons. The van der Waals surface area contributed by atoms with Crippen molar-refractivity contribution in [3.63, 3.8) is 0 Å². The number of carboxylic acid groups (broad SMARTS) is 1. The molecule has 0 amide bonds. The van der Waals surface area contributed by atoms with Crippen molar-refractivity contribution in [3.8, 4) is 0 Å². The number of carbonyl (C=O) groups excluding carboxylic acids is 1. The molecule has 3 rings (SSSR count). The summed E-state index contributed by atoms with van der Waals surface area (Å²) in [5.41, 5.74) is 3.52. The normalized spacial score (nSPS) is 29.5. The largest absolute Gasteiger partial charge is 0.545 e. The molecule has 0 spiro atoms. The molecule has 2 heterocycles. The number of piperidine rings is 1. The van der Waals surface area contributed by atoms with Crippen molar-refractivity contribution < 1.29 is 9.90 Å². The molecule has 1 aromatic rings. The van der Waals surface area contributed by atoms with Crippen molar-refractivity contribution in [1.29, 1.82) is 0 Å². The van der Waals surface area contributed by atoms with Crippen molar-refractivity contribution in [2.45, 2.75) is 57.5 Å². The van der Waals surface area contributed by atoms with E-state index in [2.05, 4.69) is 11.4 Å². The summed E-state index contributed by atoms with van der Waals surface area (Å²) in [7, 11) is 0. The topological polar surface area (TPSA) is 52.2 Å². The van der Waals surface area contributed by atoms with E-state index in [9.17, 15) is 9.90 Å². The minimum absolute atomic E-state index is 0.368. The van der Waals surface area contributed by atoms with E-state index in [1.807, 2.05) is 13.8 Å². The van der Waals surface area contributed by atoms with Gasteiger partial charge in [0.05, 0.1) is 5.97 Å². The van der Waals surface area contributed by atoms with E-state index in [0.717, 1.165) is 29.5 Å². The maximum Gasteiger partial charge on any atom is 0.0718 e. The maximum absolute atomic E-state index is 11.4. The average molecular weight is 258 g/mol. The molecule has 2 fully saturated rings.